The van der Waals surface area contributed by atoms with Gasteiger partial charge in [-0.1, -0.05) is 0 Å². The van der Waals surface area contributed by atoms with Crippen LogP contribution in [0.1, 0.15) is 17.5 Å². The van der Waals surface area contributed by atoms with E-state index in [1.807, 2.05) is 0 Å². The average molecular weight is 564 g/mol. The third-order valence-electron chi connectivity index (χ3n) is 7.95. The number of aliphatic hydroxyl groups excluding tert-OH is 2. The number of carbonyl (C=O) groups excluding carboxylic acids is 4. The first kappa shape index (κ1) is 27.7. The summed E-state index contributed by atoms with van der Waals surface area (Å²) in [5.41, 5.74) is 5.28. The van der Waals surface area contributed by atoms with E-state index in [1.54, 1.807) is 43.3 Å². The number of nitrogens with one attached hydrogen (secondary N) is 1. The van der Waals surface area contributed by atoms with Crippen molar-refractivity contribution in [3.63, 3.8) is 0 Å². The first-order valence-corrected chi connectivity index (χ1v) is 12.8. The molecule has 0 aromatic heterocycles. The molecule has 1 saturated carbocycles. The second-order valence-corrected chi connectivity index (χ2v) is 10.5. The Bertz CT molecular complexity index is 1540. The van der Waals surface area contributed by atoms with Crippen LogP contribution in [0.3, 0.4) is 0 Å². The summed E-state index contributed by atoms with van der Waals surface area (Å²) in [5, 5.41) is 35.4. The number of ether oxygens (including phenoxy) is 2. The summed E-state index contributed by atoms with van der Waals surface area (Å²) in [4.78, 5) is 53.4. The normalized spacial score (nSPS) is 23.5. The second-order valence-electron chi connectivity index (χ2n) is 10.5. The molecule has 12 heteroatoms. The quantitative estimate of drug-likeness (QED) is 0.205. The van der Waals surface area contributed by atoms with Gasteiger partial charge in [0, 0.05) is 11.3 Å². The van der Waals surface area contributed by atoms with Crippen LogP contribution < -0.4 is 20.5 Å². The van der Waals surface area contributed by atoms with Crippen LogP contribution in [0.2, 0.25) is 0 Å². The van der Waals surface area contributed by atoms with Crippen molar-refractivity contribution < 1.29 is 44.0 Å². The number of amides is 2. The van der Waals surface area contributed by atoms with Crippen LogP contribution in [0.5, 0.6) is 17.2 Å². The van der Waals surface area contributed by atoms with E-state index < -0.39 is 64.5 Å². The van der Waals surface area contributed by atoms with Gasteiger partial charge in [-0.15, -0.1) is 0 Å². The van der Waals surface area contributed by atoms with E-state index in [4.69, 9.17) is 15.2 Å². The second kappa shape index (κ2) is 10.3. The number of nitrogens with zero attached hydrogens (tertiary/aromatic N) is 1. The van der Waals surface area contributed by atoms with Crippen LogP contribution in [0, 0.1) is 17.8 Å². The summed E-state index contributed by atoms with van der Waals surface area (Å²) in [7, 11) is 4.80. The molecule has 41 heavy (non-hydrogen) atoms. The largest absolute Gasteiger partial charge is 0.510 e. The number of carbonyl (C=O) groups is 4. The smallest absolute Gasteiger partial charge is 0.417 e. The van der Waals surface area contributed by atoms with Gasteiger partial charge in [-0.25, -0.2) is 4.79 Å². The summed E-state index contributed by atoms with van der Waals surface area (Å²) < 4.78 is 10.4. The standard InChI is InChI=1S/C29H29N3O9/c1-32(2)23-16-11-12-10-15-17(31-29(39)41-14-6-4-13(40-3)5-7-14)8-9-18(33)20(15)24(34)19(12)25(35)21(16)26(36)22(27(23)37)28(30)38/h4-9,12,16,21,23,33-34,37H,10-11H2,1-3H3,(H2,30,38)(H,31,39)/t12?,16?,21?,23-/m0/s1. The van der Waals surface area contributed by atoms with Gasteiger partial charge in [0.15, 0.2) is 11.6 Å². The lowest BCUT2D eigenvalue weighted by Crippen LogP contribution is -2.55. The topological polar surface area (TPSA) is 189 Å². The maximum Gasteiger partial charge on any atom is 0.417 e. The molecule has 12 nitrogen and oxygen atoms in total. The monoisotopic (exact) mass is 563 g/mol. The lowest BCUT2D eigenvalue weighted by Gasteiger charge is -2.46. The van der Waals surface area contributed by atoms with E-state index in [-0.39, 0.29) is 41.2 Å². The van der Waals surface area contributed by atoms with Gasteiger partial charge < -0.3 is 30.5 Å². The summed E-state index contributed by atoms with van der Waals surface area (Å²) in [6.07, 6.45) is -0.514. The van der Waals surface area contributed by atoms with Crippen molar-refractivity contribution in [2.75, 3.05) is 26.5 Å². The highest BCUT2D eigenvalue weighted by Crippen LogP contribution is 2.51. The van der Waals surface area contributed by atoms with Gasteiger partial charge in [-0.05, 0) is 80.7 Å². The van der Waals surface area contributed by atoms with E-state index in [1.165, 1.54) is 19.2 Å². The molecule has 5 rings (SSSR count). The predicted molar refractivity (Wildman–Crippen MR) is 145 cm³/mol. The number of rotatable bonds is 5. The Balaban J connectivity index is 1.51. The van der Waals surface area contributed by atoms with Gasteiger partial charge in [0.05, 0.1) is 24.6 Å². The Hall–Kier alpha value is -4.84. The summed E-state index contributed by atoms with van der Waals surface area (Å²) in [6, 6.07) is 8.21. The molecular weight excluding hydrogens is 534 g/mol. The summed E-state index contributed by atoms with van der Waals surface area (Å²) in [6.45, 7) is 0. The molecule has 6 N–H and O–H groups in total. The van der Waals surface area contributed by atoms with Crippen LogP contribution in [0.25, 0.3) is 5.76 Å². The van der Waals surface area contributed by atoms with Gasteiger partial charge >= 0.3 is 6.09 Å². The molecule has 2 aromatic rings. The van der Waals surface area contributed by atoms with Gasteiger partial charge in [0.25, 0.3) is 5.91 Å². The molecular formula is C29H29N3O9. The van der Waals surface area contributed by atoms with Crippen molar-refractivity contribution in [1.29, 1.82) is 0 Å². The van der Waals surface area contributed by atoms with Gasteiger partial charge in [-0.3, -0.25) is 24.6 Å². The maximum absolute atomic E-state index is 13.8. The fraction of sp³-hybridized carbons (Fsp3) is 0.310. The number of fused-ring (bicyclic) bond motifs is 3. The molecule has 3 unspecified atom stereocenters. The van der Waals surface area contributed by atoms with Crippen molar-refractivity contribution in [2.45, 2.75) is 18.9 Å². The highest BCUT2D eigenvalue weighted by molar-refractivity contribution is 6.28. The Morgan fingerprint density at radius 1 is 1.00 bits per heavy atom. The minimum Gasteiger partial charge on any atom is -0.510 e. The number of phenolic OH excluding ortho intramolecular Hbond substituents is 1. The van der Waals surface area contributed by atoms with E-state index >= 15 is 0 Å². The Kier molecular flexibility index (Phi) is 6.95. The first-order valence-electron chi connectivity index (χ1n) is 12.8. The molecule has 0 heterocycles. The molecule has 2 aromatic carbocycles. The molecule has 0 saturated heterocycles. The van der Waals surface area contributed by atoms with Crippen LogP contribution in [-0.2, 0) is 20.8 Å². The molecule has 3 aliphatic rings. The average Bonchev–Trinajstić information content (AvgIpc) is 2.90. The van der Waals surface area contributed by atoms with Crippen molar-refractivity contribution in [1.82, 2.24) is 4.90 Å². The highest BCUT2D eigenvalue weighted by atomic mass is 16.6. The molecule has 0 spiro atoms. The zero-order valence-corrected chi connectivity index (χ0v) is 22.5. The Labute approximate surface area is 234 Å². The number of benzene rings is 2. The molecule has 4 atom stereocenters. The van der Waals surface area contributed by atoms with E-state index in [0.717, 1.165) is 0 Å². The minimum absolute atomic E-state index is 0.0498. The first-order chi connectivity index (χ1) is 19.4. The number of hydrogen-bond donors (Lipinski definition) is 5. The van der Waals surface area contributed by atoms with Crippen molar-refractivity contribution >= 4 is 35.0 Å². The number of nitrogens with two attached hydrogens (primary N) is 1. The highest BCUT2D eigenvalue weighted by Gasteiger charge is 2.55. The van der Waals surface area contributed by atoms with E-state index in [0.29, 0.717) is 11.3 Å². The summed E-state index contributed by atoms with van der Waals surface area (Å²) >= 11 is 0. The lowest BCUT2D eigenvalue weighted by molar-refractivity contribution is -0.136. The minimum atomic E-state index is -1.35. The summed E-state index contributed by atoms with van der Waals surface area (Å²) in [5.74, 6) is -5.92. The van der Waals surface area contributed by atoms with Crippen LogP contribution in [0.4, 0.5) is 10.5 Å². The van der Waals surface area contributed by atoms with Crippen LogP contribution in [0.15, 0.2) is 53.3 Å². The van der Waals surface area contributed by atoms with Crippen LogP contribution >= 0.6 is 0 Å². The number of anilines is 1. The number of ketones is 2. The van der Waals surface area contributed by atoms with Crippen molar-refractivity contribution in [3.8, 4) is 17.2 Å². The molecule has 2 amide bonds. The van der Waals surface area contributed by atoms with Crippen molar-refractivity contribution in [3.05, 3.63) is 64.4 Å². The van der Waals surface area contributed by atoms with Crippen LogP contribution in [-0.4, -0.2) is 71.0 Å². The number of primary amides is 1. The predicted octanol–water partition coefficient (Wildman–Crippen LogP) is 2.47. The Morgan fingerprint density at radius 3 is 2.27 bits per heavy atom. The zero-order chi connectivity index (χ0) is 29.7. The zero-order valence-electron chi connectivity index (χ0n) is 22.5. The molecule has 3 aliphatic carbocycles. The van der Waals surface area contributed by atoms with Gasteiger partial charge in [0.2, 0.25) is 0 Å². The molecule has 214 valence electrons. The fourth-order valence-electron chi connectivity index (χ4n) is 6.27. The number of aliphatic hydroxyl groups is 2. The third-order valence-corrected chi connectivity index (χ3v) is 7.95. The van der Waals surface area contributed by atoms with Crippen molar-refractivity contribution in [2.24, 2.45) is 23.5 Å². The molecule has 1 fully saturated rings. The number of likely N-dealkylation sites (N-methyl/N-ethyl adjacent to an activating group) is 1. The third kappa shape index (κ3) is 4.55. The number of Topliss-reactive ketones (excluding diaryl/α,β-unsaturated/α-hetero) is 2. The van der Waals surface area contributed by atoms with Gasteiger partial charge in [-0.2, -0.15) is 0 Å². The molecule has 0 bridgehead atoms. The number of phenols is 1. The van der Waals surface area contributed by atoms with E-state index in [9.17, 15) is 34.5 Å². The van der Waals surface area contributed by atoms with Gasteiger partial charge in [0.1, 0.15) is 34.3 Å². The number of hydrogen-bond acceptors (Lipinski definition) is 10. The number of methoxy groups -OCH3 is 1. The maximum atomic E-state index is 13.8. The number of aromatic hydroxyl groups is 1. The molecule has 0 radical (unpaired) electrons. The number of allylic oxidation sites excluding steroid dienone is 1. The fourth-order valence-corrected chi connectivity index (χ4v) is 6.27. The lowest BCUT2D eigenvalue weighted by atomic mass is 9.59. The molecule has 0 aliphatic heterocycles. The Morgan fingerprint density at radius 2 is 1.66 bits per heavy atom. The van der Waals surface area contributed by atoms with E-state index in [2.05, 4.69) is 5.32 Å². The SMILES string of the molecule is COc1ccc(OC(=O)Nc2ccc(O)c3c2CC2CC4C(C(=O)C(C(N)=O)=C(O)[C@H]4N(C)C)C(=O)C2=C3O)cc1.